The molecule has 1 aromatic heterocycles. The van der Waals surface area contributed by atoms with Crippen LogP contribution in [0.4, 0.5) is 15.8 Å². The lowest BCUT2D eigenvalue weighted by Gasteiger charge is -2.05. The molecule has 138 valence electrons. The maximum atomic E-state index is 13.9. The van der Waals surface area contributed by atoms with E-state index in [2.05, 4.69) is 10.3 Å². The number of aromatic nitrogens is 1. The smallest absolute Gasteiger partial charge is 0.282 e. The van der Waals surface area contributed by atoms with Crippen molar-refractivity contribution in [2.45, 2.75) is 0 Å². The van der Waals surface area contributed by atoms with Gasteiger partial charge in [0.1, 0.15) is 16.9 Å². The molecule has 0 saturated heterocycles. The number of para-hydroxylation sites is 1. The molecule has 4 rings (SSSR count). The van der Waals surface area contributed by atoms with E-state index < -0.39 is 16.6 Å². The molecule has 0 unspecified atom stereocenters. The lowest BCUT2D eigenvalue weighted by atomic mass is 10.1. The number of nitrogens with zero attached hydrogens (tertiary/aromatic N) is 2. The Labute approximate surface area is 157 Å². The Balaban J connectivity index is 1.65. The molecule has 0 fully saturated rings. The molecule has 28 heavy (non-hydrogen) atoms. The van der Waals surface area contributed by atoms with Gasteiger partial charge in [0.2, 0.25) is 5.89 Å². The van der Waals surface area contributed by atoms with E-state index in [4.69, 9.17) is 4.42 Å². The first-order valence-corrected chi connectivity index (χ1v) is 8.23. The van der Waals surface area contributed by atoms with Crippen LogP contribution in [0, 0.1) is 15.9 Å². The highest BCUT2D eigenvalue weighted by Crippen LogP contribution is 2.28. The number of carbonyl (C=O) groups is 1. The average molecular weight is 377 g/mol. The predicted molar refractivity (Wildman–Crippen MR) is 100 cm³/mol. The van der Waals surface area contributed by atoms with Crippen molar-refractivity contribution in [1.29, 1.82) is 0 Å². The van der Waals surface area contributed by atoms with Crippen molar-refractivity contribution in [3.63, 3.8) is 0 Å². The van der Waals surface area contributed by atoms with E-state index >= 15 is 0 Å². The topological polar surface area (TPSA) is 98.3 Å². The van der Waals surface area contributed by atoms with E-state index in [1.807, 2.05) is 0 Å². The first-order valence-electron chi connectivity index (χ1n) is 8.23. The quantitative estimate of drug-likeness (QED) is 0.407. The highest BCUT2D eigenvalue weighted by molar-refractivity contribution is 6.07. The minimum absolute atomic E-state index is 0.0557. The van der Waals surface area contributed by atoms with Gasteiger partial charge in [0.05, 0.1) is 10.5 Å². The van der Waals surface area contributed by atoms with Gasteiger partial charge in [-0.15, -0.1) is 0 Å². The summed E-state index contributed by atoms with van der Waals surface area (Å²) >= 11 is 0. The number of nitro benzene ring substituents is 1. The summed E-state index contributed by atoms with van der Waals surface area (Å²) in [6.07, 6.45) is 0. The first-order chi connectivity index (χ1) is 13.5. The molecule has 0 aliphatic carbocycles. The van der Waals surface area contributed by atoms with Crippen molar-refractivity contribution in [3.8, 4) is 11.5 Å². The second kappa shape index (κ2) is 6.92. The van der Waals surface area contributed by atoms with Crippen LogP contribution in [0.3, 0.4) is 0 Å². The number of fused-ring (bicyclic) bond motifs is 1. The van der Waals surface area contributed by atoms with Crippen LogP contribution in [0.5, 0.6) is 0 Å². The molecule has 7 nitrogen and oxygen atoms in total. The van der Waals surface area contributed by atoms with Gasteiger partial charge < -0.3 is 9.73 Å². The lowest BCUT2D eigenvalue weighted by molar-refractivity contribution is -0.385. The van der Waals surface area contributed by atoms with Gasteiger partial charge >= 0.3 is 0 Å². The molecular formula is C20H12FN3O4. The number of carbonyl (C=O) groups excluding carboxylic acids is 1. The zero-order chi connectivity index (χ0) is 19.7. The summed E-state index contributed by atoms with van der Waals surface area (Å²) in [5.74, 6) is -0.960. The maximum absolute atomic E-state index is 13.9. The molecule has 4 aromatic rings. The first kappa shape index (κ1) is 17.3. The third-order valence-electron chi connectivity index (χ3n) is 4.10. The van der Waals surface area contributed by atoms with Crippen LogP contribution in [0.15, 0.2) is 71.1 Å². The van der Waals surface area contributed by atoms with Crippen molar-refractivity contribution < 1.29 is 18.5 Å². The Bertz CT molecular complexity index is 1220. The minimum Gasteiger partial charge on any atom is -0.436 e. The number of oxazole rings is 1. The van der Waals surface area contributed by atoms with E-state index in [0.717, 1.165) is 0 Å². The van der Waals surface area contributed by atoms with Crippen molar-refractivity contribution >= 4 is 28.4 Å². The SMILES string of the molecule is O=C(Nc1ccc2oc(-c3ccccc3F)nc2c1)c1ccccc1[N+](=O)[O-]. The molecule has 0 bridgehead atoms. The van der Waals surface area contributed by atoms with Gasteiger partial charge in [-0.25, -0.2) is 9.37 Å². The second-order valence-electron chi connectivity index (χ2n) is 5.91. The molecule has 0 spiro atoms. The van der Waals surface area contributed by atoms with Gasteiger partial charge in [0.15, 0.2) is 5.58 Å². The zero-order valence-electron chi connectivity index (χ0n) is 14.3. The normalized spacial score (nSPS) is 10.8. The van der Waals surface area contributed by atoms with Crippen molar-refractivity contribution in [3.05, 3.63) is 88.2 Å². The van der Waals surface area contributed by atoms with E-state index in [0.29, 0.717) is 16.8 Å². The summed E-state index contributed by atoms with van der Waals surface area (Å²) in [5, 5.41) is 13.7. The van der Waals surface area contributed by atoms with E-state index in [1.165, 1.54) is 24.3 Å². The number of rotatable bonds is 4. The maximum Gasteiger partial charge on any atom is 0.282 e. The molecule has 0 atom stereocenters. The molecule has 0 aliphatic rings. The Morgan fingerprint density at radius 1 is 1.07 bits per heavy atom. The number of halogens is 1. The van der Waals surface area contributed by atoms with Gasteiger partial charge in [-0.3, -0.25) is 14.9 Å². The fourth-order valence-electron chi connectivity index (χ4n) is 2.78. The van der Waals surface area contributed by atoms with E-state index in [9.17, 15) is 19.3 Å². The van der Waals surface area contributed by atoms with E-state index in [-0.39, 0.29) is 22.7 Å². The summed E-state index contributed by atoms with van der Waals surface area (Å²) in [7, 11) is 0. The molecular weight excluding hydrogens is 365 g/mol. The largest absolute Gasteiger partial charge is 0.436 e. The zero-order valence-corrected chi connectivity index (χ0v) is 14.3. The van der Waals surface area contributed by atoms with Crippen LogP contribution >= 0.6 is 0 Å². The standard InChI is InChI=1S/C20H12FN3O4/c21-15-7-3-1-5-13(15)20-23-16-11-12(9-10-18(16)28-20)22-19(25)14-6-2-4-8-17(14)24(26)27/h1-11H,(H,22,25). The molecule has 0 aliphatic heterocycles. The van der Waals surface area contributed by atoms with Crippen LogP contribution < -0.4 is 5.32 Å². The van der Waals surface area contributed by atoms with Crippen LogP contribution in [0.2, 0.25) is 0 Å². The Morgan fingerprint density at radius 2 is 1.82 bits per heavy atom. The molecule has 1 N–H and O–H groups in total. The van der Waals surface area contributed by atoms with Crippen molar-refractivity contribution in [1.82, 2.24) is 4.98 Å². The number of nitro groups is 1. The molecule has 0 saturated carbocycles. The molecule has 0 radical (unpaired) electrons. The lowest BCUT2D eigenvalue weighted by Crippen LogP contribution is -2.13. The average Bonchev–Trinajstić information content (AvgIpc) is 3.11. The second-order valence-corrected chi connectivity index (χ2v) is 5.91. The molecule has 1 amide bonds. The summed E-state index contributed by atoms with van der Waals surface area (Å²) in [6.45, 7) is 0. The fraction of sp³-hybridized carbons (Fsp3) is 0. The monoisotopic (exact) mass is 377 g/mol. The third-order valence-corrected chi connectivity index (χ3v) is 4.10. The summed E-state index contributed by atoms with van der Waals surface area (Å²) in [4.78, 5) is 27.2. The van der Waals surface area contributed by atoms with Crippen molar-refractivity contribution in [2.24, 2.45) is 0 Å². The predicted octanol–water partition coefficient (Wildman–Crippen LogP) is 4.79. The van der Waals surface area contributed by atoms with Crippen molar-refractivity contribution in [2.75, 3.05) is 5.32 Å². The highest BCUT2D eigenvalue weighted by atomic mass is 19.1. The van der Waals surface area contributed by atoms with E-state index in [1.54, 1.807) is 42.5 Å². The van der Waals surface area contributed by atoms with Gasteiger partial charge in [-0.1, -0.05) is 24.3 Å². The molecule has 8 heteroatoms. The van der Waals surface area contributed by atoms with Gasteiger partial charge in [-0.2, -0.15) is 0 Å². The van der Waals surface area contributed by atoms with Gasteiger partial charge in [0.25, 0.3) is 11.6 Å². The molecule has 1 heterocycles. The number of hydrogen-bond acceptors (Lipinski definition) is 5. The number of benzene rings is 3. The summed E-state index contributed by atoms with van der Waals surface area (Å²) in [6, 6.07) is 16.5. The number of hydrogen-bond donors (Lipinski definition) is 1. The third kappa shape index (κ3) is 3.18. The van der Waals surface area contributed by atoms with Crippen LogP contribution in [-0.2, 0) is 0 Å². The Morgan fingerprint density at radius 3 is 2.61 bits per heavy atom. The number of nitrogens with one attached hydrogen (secondary N) is 1. The Kier molecular flexibility index (Phi) is 4.29. The fourth-order valence-corrected chi connectivity index (χ4v) is 2.78. The molecule has 3 aromatic carbocycles. The number of anilines is 1. The summed E-state index contributed by atoms with van der Waals surface area (Å²) in [5.41, 5.74) is 1.10. The Hall–Kier alpha value is -4.07. The minimum atomic E-state index is -0.621. The van der Waals surface area contributed by atoms with Crippen LogP contribution in [0.25, 0.3) is 22.6 Å². The van der Waals surface area contributed by atoms with Gasteiger partial charge in [0, 0.05) is 11.8 Å². The summed E-state index contributed by atoms with van der Waals surface area (Å²) < 4.78 is 19.5. The van der Waals surface area contributed by atoms with Gasteiger partial charge in [-0.05, 0) is 36.4 Å². The van der Waals surface area contributed by atoms with Crippen LogP contribution in [0.1, 0.15) is 10.4 Å². The highest BCUT2D eigenvalue weighted by Gasteiger charge is 2.19. The number of amides is 1. The van der Waals surface area contributed by atoms with Crippen LogP contribution in [-0.4, -0.2) is 15.8 Å².